The lowest BCUT2D eigenvalue weighted by molar-refractivity contribution is -0.148. The fourth-order valence-corrected chi connectivity index (χ4v) is 4.80. The maximum absolute atomic E-state index is 15.9. The van der Waals surface area contributed by atoms with Gasteiger partial charge in [-0.15, -0.1) is 0 Å². The number of amides is 2. The Balaban J connectivity index is 2.14. The summed E-state index contributed by atoms with van der Waals surface area (Å²) in [4.78, 5) is 55.6. The zero-order chi connectivity index (χ0) is 33.1. The molecule has 11 nitrogen and oxygen atoms in total. The standard InChI is InChI=1S/C32H40FN3O8/c1-10-42-27-20(29(40)34-9)13-19-21(25(27)33)14-36(28(19)35-30(41)44-16-43-17(2)37)15-24(38)18-11-22(31(3,4)5)26(39)23(12-18)32(6,7)8/h11-13,39H,10,14-16H2,1-9H3,(H,34,40)/b35-28-. The summed E-state index contributed by atoms with van der Waals surface area (Å²) in [5, 5.41) is 13.5. The maximum Gasteiger partial charge on any atom is 0.438 e. The van der Waals surface area contributed by atoms with E-state index in [0.29, 0.717) is 16.7 Å². The van der Waals surface area contributed by atoms with Gasteiger partial charge in [0.05, 0.1) is 18.7 Å². The van der Waals surface area contributed by atoms with Gasteiger partial charge in [0.15, 0.2) is 17.3 Å². The summed E-state index contributed by atoms with van der Waals surface area (Å²) in [6.07, 6.45) is -1.16. The normalized spacial score (nSPS) is 13.9. The number of aromatic hydroxyl groups is 1. The van der Waals surface area contributed by atoms with Crippen LogP contribution in [0, 0.1) is 5.82 Å². The van der Waals surface area contributed by atoms with Gasteiger partial charge in [-0.05, 0) is 36.0 Å². The Morgan fingerprint density at radius 1 is 1.02 bits per heavy atom. The highest BCUT2D eigenvalue weighted by atomic mass is 19.1. The second-order valence-corrected chi connectivity index (χ2v) is 12.4. The largest absolute Gasteiger partial charge is 0.507 e. The number of carbonyl (C=O) groups is 4. The van der Waals surface area contributed by atoms with Crippen molar-refractivity contribution in [3.8, 4) is 11.5 Å². The predicted molar refractivity (Wildman–Crippen MR) is 161 cm³/mol. The summed E-state index contributed by atoms with van der Waals surface area (Å²) in [5.74, 6) is -2.78. The molecule has 0 aromatic heterocycles. The molecule has 0 fully saturated rings. The van der Waals surface area contributed by atoms with Gasteiger partial charge in [-0.3, -0.25) is 14.4 Å². The summed E-state index contributed by atoms with van der Waals surface area (Å²) in [6, 6.07) is 4.62. The molecule has 2 aromatic carbocycles. The molecular formula is C32H40FN3O8. The topological polar surface area (TPSA) is 144 Å². The van der Waals surface area contributed by atoms with Crippen LogP contribution >= 0.6 is 0 Å². The van der Waals surface area contributed by atoms with Crippen molar-refractivity contribution in [1.82, 2.24) is 10.2 Å². The molecule has 0 aliphatic carbocycles. The van der Waals surface area contributed by atoms with Crippen LogP contribution in [0.25, 0.3) is 0 Å². The Morgan fingerprint density at radius 3 is 2.11 bits per heavy atom. The second kappa shape index (κ2) is 13.0. The summed E-state index contributed by atoms with van der Waals surface area (Å²) < 4.78 is 30.9. The van der Waals surface area contributed by atoms with Gasteiger partial charge in [0.2, 0.25) is 6.79 Å². The highest BCUT2D eigenvalue weighted by Crippen LogP contribution is 2.40. The number of fused-ring (bicyclic) bond motifs is 1. The van der Waals surface area contributed by atoms with E-state index in [1.807, 2.05) is 41.5 Å². The number of phenols is 1. The first kappa shape index (κ1) is 34.0. The molecular weight excluding hydrogens is 573 g/mol. The highest BCUT2D eigenvalue weighted by molar-refractivity contribution is 6.11. The minimum atomic E-state index is -1.16. The molecule has 0 saturated carbocycles. The van der Waals surface area contributed by atoms with Crippen molar-refractivity contribution in [3.63, 3.8) is 0 Å². The summed E-state index contributed by atoms with van der Waals surface area (Å²) in [7, 11) is 1.38. The smallest absolute Gasteiger partial charge is 0.438 e. The molecule has 0 atom stereocenters. The SMILES string of the molecule is CCOc1c(C(=O)NC)cc2c(c1F)CN(CC(=O)c1cc(C(C)(C)C)c(O)c(C(C)(C)C)c1)/C2=N\C(=O)OCOC(C)=O. The van der Waals surface area contributed by atoms with Gasteiger partial charge in [0.25, 0.3) is 5.91 Å². The Hall–Kier alpha value is -4.48. The lowest BCUT2D eigenvalue weighted by atomic mass is 9.78. The minimum absolute atomic E-state index is 0.0666. The van der Waals surface area contributed by atoms with Crippen LogP contribution in [0.1, 0.15) is 98.4 Å². The van der Waals surface area contributed by atoms with E-state index in [-0.39, 0.29) is 59.5 Å². The molecule has 0 spiro atoms. The highest BCUT2D eigenvalue weighted by Gasteiger charge is 2.36. The van der Waals surface area contributed by atoms with Crippen LogP contribution in [0.4, 0.5) is 9.18 Å². The summed E-state index contributed by atoms with van der Waals surface area (Å²) >= 11 is 0. The van der Waals surface area contributed by atoms with Crippen molar-refractivity contribution in [1.29, 1.82) is 0 Å². The quantitative estimate of drug-likeness (QED) is 0.239. The van der Waals surface area contributed by atoms with Gasteiger partial charge in [0.1, 0.15) is 11.6 Å². The molecule has 0 unspecified atom stereocenters. The second-order valence-electron chi connectivity index (χ2n) is 12.4. The van der Waals surface area contributed by atoms with Gasteiger partial charge < -0.3 is 29.5 Å². The molecule has 0 radical (unpaired) electrons. The average molecular weight is 614 g/mol. The van der Waals surface area contributed by atoms with Crippen LogP contribution in [-0.2, 0) is 31.6 Å². The van der Waals surface area contributed by atoms with E-state index in [1.54, 1.807) is 19.1 Å². The number of carbonyl (C=O) groups excluding carboxylic acids is 4. The average Bonchev–Trinajstić information content (AvgIpc) is 3.24. The van der Waals surface area contributed by atoms with Crippen molar-refractivity contribution in [2.24, 2.45) is 4.99 Å². The molecule has 1 heterocycles. The number of Topliss-reactive ketones (excluding diaryl/α,β-unsaturated/α-hetero) is 1. The number of phenolic OH excluding ortho intramolecular Hbond substituents is 1. The number of ether oxygens (including phenoxy) is 3. The molecule has 44 heavy (non-hydrogen) atoms. The summed E-state index contributed by atoms with van der Waals surface area (Å²) in [5.41, 5.74) is 0.548. The Bertz CT molecular complexity index is 1480. The molecule has 0 saturated heterocycles. The van der Waals surface area contributed by atoms with E-state index in [1.165, 1.54) is 18.0 Å². The van der Waals surface area contributed by atoms with Crippen molar-refractivity contribution >= 4 is 29.6 Å². The molecule has 3 rings (SSSR count). The van der Waals surface area contributed by atoms with Gasteiger partial charge in [-0.25, -0.2) is 9.18 Å². The molecule has 2 amide bonds. The molecule has 12 heteroatoms. The molecule has 2 aromatic rings. The molecule has 0 bridgehead atoms. The maximum atomic E-state index is 15.9. The van der Waals surface area contributed by atoms with E-state index >= 15 is 4.39 Å². The van der Waals surface area contributed by atoms with Gasteiger partial charge in [-0.1, -0.05) is 41.5 Å². The third kappa shape index (κ3) is 7.35. The van der Waals surface area contributed by atoms with Crippen LogP contribution in [0.5, 0.6) is 11.5 Å². The minimum Gasteiger partial charge on any atom is -0.507 e. The van der Waals surface area contributed by atoms with E-state index in [9.17, 15) is 24.3 Å². The van der Waals surface area contributed by atoms with E-state index in [2.05, 4.69) is 15.0 Å². The first-order valence-electron chi connectivity index (χ1n) is 14.2. The zero-order valence-electron chi connectivity index (χ0n) is 26.6. The number of halogens is 1. The van der Waals surface area contributed by atoms with E-state index in [4.69, 9.17) is 9.47 Å². The molecule has 1 aliphatic heterocycles. The number of benzene rings is 2. The predicted octanol–water partition coefficient (Wildman–Crippen LogP) is 4.99. The number of ketones is 1. The van der Waals surface area contributed by atoms with Crippen LogP contribution in [0.2, 0.25) is 0 Å². The Labute approximate surface area is 256 Å². The van der Waals surface area contributed by atoms with E-state index in [0.717, 1.165) is 6.92 Å². The van der Waals surface area contributed by atoms with Crippen molar-refractivity contribution in [3.05, 3.63) is 57.4 Å². The number of esters is 1. The van der Waals surface area contributed by atoms with E-state index < -0.39 is 41.4 Å². The fourth-order valence-electron chi connectivity index (χ4n) is 4.80. The first-order valence-corrected chi connectivity index (χ1v) is 14.2. The van der Waals surface area contributed by atoms with Crippen molar-refractivity contribution in [2.45, 2.75) is 72.8 Å². The van der Waals surface area contributed by atoms with Crippen LogP contribution in [-0.4, -0.2) is 66.6 Å². The van der Waals surface area contributed by atoms with Crippen molar-refractivity contribution < 1.29 is 42.9 Å². The summed E-state index contributed by atoms with van der Waals surface area (Å²) in [6.45, 7) is 13.2. The van der Waals surface area contributed by atoms with Crippen molar-refractivity contribution in [2.75, 3.05) is 27.0 Å². The number of nitrogens with one attached hydrogen (secondary N) is 1. The molecule has 2 N–H and O–H groups in total. The van der Waals surface area contributed by atoms with Gasteiger partial charge in [-0.2, -0.15) is 4.99 Å². The van der Waals surface area contributed by atoms with Crippen LogP contribution in [0.15, 0.2) is 23.2 Å². The number of rotatable bonds is 8. The first-order chi connectivity index (χ1) is 20.4. The number of aliphatic imine (C=N–C) groups is 1. The third-order valence-corrected chi connectivity index (χ3v) is 7.00. The number of hydrogen-bond acceptors (Lipinski definition) is 8. The molecule has 238 valence electrons. The third-order valence-electron chi connectivity index (χ3n) is 7.00. The lowest BCUT2D eigenvalue weighted by Gasteiger charge is -2.28. The number of hydrogen-bond donors (Lipinski definition) is 2. The van der Waals surface area contributed by atoms with Crippen LogP contribution < -0.4 is 10.1 Å². The lowest BCUT2D eigenvalue weighted by Crippen LogP contribution is -2.32. The Morgan fingerprint density at radius 2 is 1.61 bits per heavy atom. The number of amidine groups is 1. The Kier molecular flexibility index (Phi) is 10.1. The zero-order valence-corrected chi connectivity index (χ0v) is 26.6. The van der Waals surface area contributed by atoms with Gasteiger partial charge in [0, 0.05) is 48.3 Å². The van der Waals surface area contributed by atoms with Gasteiger partial charge >= 0.3 is 12.1 Å². The van der Waals surface area contributed by atoms with Crippen LogP contribution in [0.3, 0.4) is 0 Å². The molecule has 1 aliphatic rings. The number of nitrogens with zero attached hydrogens (tertiary/aromatic N) is 2. The monoisotopic (exact) mass is 613 g/mol. The fraction of sp³-hybridized carbons (Fsp3) is 0.469.